The van der Waals surface area contributed by atoms with Crippen LogP contribution in [-0.2, 0) is 25.7 Å². The van der Waals surface area contributed by atoms with Crippen LogP contribution in [-0.4, -0.2) is 74.2 Å². The zero-order chi connectivity index (χ0) is 25.5. The molecular weight excluding hydrogens is 448 g/mol. The topological polar surface area (TPSA) is 107 Å². The number of fused-ring (bicyclic) bond motifs is 1. The third-order valence-electron chi connectivity index (χ3n) is 8.31. The molecule has 3 aliphatic rings. The highest BCUT2D eigenvalue weighted by atomic mass is 16.5. The summed E-state index contributed by atoms with van der Waals surface area (Å²) in [6, 6.07) is 7.91. The average molecular weight is 485 g/mol. The number of carboxylic acids is 1. The molecule has 2 unspecified atom stereocenters. The second kappa shape index (κ2) is 9.39. The van der Waals surface area contributed by atoms with Crippen LogP contribution >= 0.6 is 0 Å². The number of carbonyl (C=O) groups excluding carboxylic acids is 2. The highest BCUT2D eigenvalue weighted by Crippen LogP contribution is 2.64. The first-order chi connectivity index (χ1) is 16.7. The van der Waals surface area contributed by atoms with Crippen LogP contribution in [0.3, 0.4) is 0 Å². The van der Waals surface area contributed by atoms with Crippen LogP contribution in [0.1, 0.15) is 45.6 Å². The van der Waals surface area contributed by atoms with Gasteiger partial charge in [-0.3, -0.25) is 14.4 Å². The molecule has 1 spiro atoms. The fourth-order valence-electron chi connectivity index (χ4n) is 6.65. The van der Waals surface area contributed by atoms with Crippen LogP contribution in [0.5, 0.6) is 0 Å². The van der Waals surface area contributed by atoms with Gasteiger partial charge in [0.25, 0.3) is 0 Å². The fourth-order valence-corrected chi connectivity index (χ4v) is 6.65. The molecule has 3 fully saturated rings. The minimum atomic E-state index is -1.23. The third kappa shape index (κ3) is 3.78. The molecule has 0 saturated carbocycles. The van der Waals surface area contributed by atoms with Gasteiger partial charge in [0, 0.05) is 13.1 Å². The Bertz CT molecular complexity index is 997. The van der Waals surface area contributed by atoms with Gasteiger partial charge in [0.1, 0.15) is 17.6 Å². The largest absolute Gasteiger partial charge is 0.481 e. The summed E-state index contributed by atoms with van der Waals surface area (Å²) in [5.74, 6) is -3.91. The maximum Gasteiger partial charge on any atom is 0.310 e. The fraction of sp³-hybridized carbons (Fsp3) is 0.593. The van der Waals surface area contributed by atoms with Crippen molar-refractivity contribution in [3.05, 3.63) is 48.6 Å². The van der Waals surface area contributed by atoms with Gasteiger partial charge in [0.2, 0.25) is 11.8 Å². The van der Waals surface area contributed by atoms with E-state index in [0.717, 1.165) is 5.56 Å². The molecule has 0 aliphatic carbocycles. The first-order valence-corrected chi connectivity index (χ1v) is 12.5. The molecule has 1 aromatic rings. The van der Waals surface area contributed by atoms with E-state index >= 15 is 0 Å². The summed E-state index contributed by atoms with van der Waals surface area (Å²) in [7, 11) is 0. The zero-order valence-electron chi connectivity index (χ0n) is 20.7. The van der Waals surface area contributed by atoms with Crippen molar-refractivity contribution < 1.29 is 29.3 Å². The van der Waals surface area contributed by atoms with E-state index in [2.05, 4.69) is 6.58 Å². The Labute approximate surface area is 206 Å². The maximum absolute atomic E-state index is 14.3. The highest BCUT2D eigenvalue weighted by molar-refractivity contribution is 5.98. The predicted octanol–water partition coefficient (Wildman–Crippen LogP) is 2.46. The van der Waals surface area contributed by atoms with Gasteiger partial charge in [-0.2, -0.15) is 0 Å². The third-order valence-corrected chi connectivity index (χ3v) is 8.31. The number of likely N-dealkylation sites (tertiary alicyclic amines) is 1. The molecule has 3 saturated heterocycles. The highest BCUT2D eigenvalue weighted by Gasteiger charge is 2.79. The van der Waals surface area contributed by atoms with Gasteiger partial charge in [-0.15, -0.1) is 6.58 Å². The molecule has 2 bridgehead atoms. The average Bonchev–Trinajstić information content (AvgIpc) is 3.43. The van der Waals surface area contributed by atoms with Crippen LogP contribution < -0.4 is 0 Å². The van der Waals surface area contributed by atoms with Crippen LogP contribution in [0.2, 0.25) is 0 Å². The number of hydrogen-bond acceptors (Lipinski definition) is 5. The first kappa shape index (κ1) is 25.4. The lowest BCUT2D eigenvalue weighted by molar-refractivity contribution is -0.161. The monoisotopic (exact) mass is 484 g/mol. The molecule has 3 aliphatic heterocycles. The molecule has 8 nitrogen and oxygen atoms in total. The van der Waals surface area contributed by atoms with Crippen molar-refractivity contribution in [3.63, 3.8) is 0 Å². The van der Waals surface area contributed by atoms with Gasteiger partial charge >= 0.3 is 5.97 Å². The van der Waals surface area contributed by atoms with Crippen LogP contribution in [0.15, 0.2) is 43.0 Å². The number of amides is 2. The molecule has 35 heavy (non-hydrogen) atoms. The van der Waals surface area contributed by atoms with E-state index < -0.39 is 47.0 Å². The number of carbonyl (C=O) groups is 3. The Hall–Kier alpha value is -2.71. The van der Waals surface area contributed by atoms with Crippen LogP contribution in [0.25, 0.3) is 0 Å². The number of carboxylic acid groups (broad SMARTS) is 1. The van der Waals surface area contributed by atoms with Crippen molar-refractivity contribution in [1.82, 2.24) is 9.80 Å². The lowest BCUT2D eigenvalue weighted by Crippen LogP contribution is -2.59. The molecule has 4 rings (SSSR count). The summed E-state index contributed by atoms with van der Waals surface area (Å²) in [5, 5.41) is 20.5. The lowest BCUT2D eigenvalue weighted by Gasteiger charge is -2.40. The van der Waals surface area contributed by atoms with E-state index in [4.69, 9.17) is 4.74 Å². The van der Waals surface area contributed by atoms with E-state index in [9.17, 15) is 24.6 Å². The van der Waals surface area contributed by atoms with Crippen molar-refractivity contribution in [2.75, 3.05) is 13.2 Å². The van der Waals surface area contributed by atoms with Gasteiger partial charge in [-0.25, -0.2) is 0 Å². The SMILES string of the molecule is C=CCN(Cc1ccccc1)C(=O)C1N([C@@H](CO)C(C)C)C(=O)[C@@H]2[C@@H](C(=O)O)[C@@]3(CC)CCC12O3. The maximum atomic E-state index is 14.3. The number of ether oxygens (including phenoxy) is 1. The quantitative estimate of drug-likeness (QED) is 0.494. The van der Waals surface area contributed by atoms with E-state index in [-0.39, 0.29) is 25.0 Å². The normalized spacial score (nSPS) is 32.1. The summed E-state index contributed by atoms with van der Waals surface area (Å²) in [4.78, 5) is 43.9. The van der Waals surface area contributed by atoms with Crippen molar-refractivity contribution >= 4 is 17.8 Å². The van der Waals surface area contributed by atoms with Gasteiger partial charge < -0.3 is 24.7 Å². The molecule has 2 amide bonds. The molecule has 8 heteroatoms. The second-order valence-electron chi connectivity index (χ2n) is 10.4. The van der Waals surface area contributed by atoms with E-state index in [1.807, 2.05) is 51.1 Å². The Kier molecular flexibility index (Phi) is 6.81. The Morgan fingerprint density at radius 2 is 1.97 bits per heavy atom. The number of aliphatic carboxylic acids is 1. The first-order valence-electron chi connectivity index (χ1n) is 12.5. The van der Waals surface area contributed by atoms with E-state index in [1.165, 1.54) is 4.90 Å². The molecule has 1 aromatic carbocycles. The van der Waals surface area contributed by atoms with Gasteiger partial charge in [-0.05, 0) is 30.7 Å². The van der Waals surface area contributed by atoms with Crippen LogP contribution in [0, 0.1) is 17.8 Å². The molecular formula is C27H36N2O6. The number of aliphatic hydroxyl groups excluding tert-OH is 1. The van der Waals surface area contributed by atoms with Crippen molar-refractivity contribution in [2.24, 2.45) is 17.8 Å². The number of hydrogen-bond donors (Lipinski definition) is 2. The lowest BCUT2D eigenvalue weighted by atomic mass is 9.65. The zero-order valence-corrected chi connectivity index (χ0v) is 20.7. The van der Waals surface area contributed by atoms with Gasteiger partial charge in [0.05, 0.1) is 24.2 Å². The summed E-state index contributed by atoms with van der Waals surface area (Å²) in [6.07, 6.45) is 3.00. The summed E-state index contributed by atoms with van der Waals surface area (Å²) in [6.45, 7) is 9.71. The number of nitrogens with zero attached hydrogens (tertiary/aromatic N) is 2. The Morgan fingerprint density at radius 3 is 2.51 bits per heavy atom. The Balaban J connectivity index is 1.82. The summed E-state index contributed by atoms with van der Waals surface area (Å²) in [5.41, 5.74) is -1.27. The minimum absolute atomic E-state index is 0.142. The molecule has 3 heterocycles. The standard InChI is InChI=1S/C27H36N2O6/c1-5-14-28(15-18-10-8-7-9-11-18)24(32)22-27-13-12-26(6-2,35-27)21(25(33)34)20(27)23(31)29(22)19(16-30)17(3)4/h5,7-11,17,19-22,30H,1,6,12-16H2,2-4H3,(H,33,34)/t19-,20-,21-,22?,26+,27?/m0/s1. The molecule has 6 atom stereocenters. The van der Waals surface area contributed by atoms with Crippen molar-refractivity contribution in [2.45, 2.75) is 69.9 Å². The smallest absolute Gasteiger partial charge is 0.310 e. The molecule has 2 N–H and O–H groups in total. The molecule has 0 aromatic heterocycles. The van der Waals surface area contributed by atoms with Gasteiger partial charge in [-0.1, -0.05) is 57.2 Å². The van der Waals surface area contributed by atoms with Gasteiger partial charge in [0.15, 0.2) is 0 Å². The Morgan fingerprint density at radius 1 is 1.29 bits per heavy atom. The van der Waals surface area contributed by atoms with Crippen LogP contribution in [0.4, 0.5) is 0 Å². The predicted molar refractivity (Wildman–Crippen MR) is 129 cm³/mol. The number of aliphatic hydroxyl groups is 1. The van der Waals surface area contributed by atoms with E-state index in [0.29, 0.717) is 25.8 Å². The number of benzene rings is 1. The summed E-state index contributed by atoms with van der Waals surface area (Å²) >= 11 is 0. The van der Waals surface area contributed by atoms with Crippen molar-refractivity contribution in [3.8, 4) is 0 Å². The molecule has 0 radical (unpaired) electrons. The second-order valence-corrected chi connectivity index (χ2v) is 10.4. The number of rotatable bonds is 10. The van der Waals surface area contributed by atoms with Crippen molar-refractivity contribution in [1.29, 1.82) is 0 Å². The molecule has 190 valence electrons. The minimum Gasteiger partial charge on any atom is -0.481 e. The van der Waals surface area contributed by atoms with E-state index in [1.54, 1.807) is 11.0 Å². The summed E-state index contributed by atoms with van der Waals surface area (Å²) < 4.78 is 6.58.